The van der Waals surface area contributed by atoms with E-state index in [1.54, 1.807) is 0 Å². The van der Waals surface area contributed by atoms with Gasteiger partial charge in [-0.25, -0.2) is 0 Å². The molecule has 1 N–H and O–H groups in total. The van der Waals surface area contributed by atoms with Crippen molar-refractivity contribution < 1.29 is 4.74 Å². The maximum atomic E-state index is 5.84. The fourth-order valence-corrected chi connectivity index (χ4v) is 1.29. The minimum Gasteiger partial charge on any atom is -0.376 e. The van der Waals surface area contributed by atoms with Crippen LogP contribution in [0.3, 0.4) is 0 Å². The van der Waals surface area contributed by atoms with Crippen LogP contribution in [-0.2, 0) is 4.74 Å². The van der Waals surface area contributed by atoms with Gasteiger partial charge in [0.05, 0.1) is 12.7 Å². The molecule has 15 heavy (non-hydrogen) atoms. The minimum absolute atomic E-state index is 0.330. The van der Waals surface area contributed by atoms with E-state index in [9.17, 15) is 0 Å². The molecule has 0 aromatic heterocycles. The number of hydrogen-bond acceptors (Lipinski definition) is 2. The molecule has 0 heterocycles. The third kappa shape index (κ3) is 8.64. The van der Waals surface area contributed by atoms with Crippen molar-refractivity contribution in [3.05, 3.63) is 12.2 Å². The number of rotatable bonds is 9. The number of ether oxygens (including phenoxy) is 1. The van der Waals surface area contributed by atoms with Crippen LogP contribution in [0, 0.1) is 5.92 Å². The van der Waals surface area contributed by atoms with Crippen LogP contribution in [0.15, 0.2) is 12.2 Å². The second-order valence-electron chi connectivity index (χ2n) is 4.56. The van der Waals surface area contributed by atoms with Gasteiger partial charge in [-0.2, -0.15) is 0 Å². The van der Waals surface area contributed by atoms with Crippen LogP contribution in [0.5, 0.6) is 0 Å². The molecule has 0 aliphatic carbocycles. The molecule has 0 spiro atoms. The topological polar surface area (TPSA) is 21.3 Å². The Labute approximate surface area is 95.1 Å². The summed E-state index contributed by atoms with van der Waals surface area (Å²) < 4.78 is 5.84. The maximum absolute atomic E-state index is 5.84. The fourth-order valence-electron chi connectivity index (χ4n) is 1.29. The summed E-state index contributed by atoms with van der Waals surface area (Å²) in [4.78, 5) is 0. The first-order valence-electron chi connectivity index (χ1n) is 6.04. The first-order chi connectivity index (χ1) is 7.07. The van der Waals surface area contributed by atoms with Gasteiger partial charge in [-0.15, -0.1) is 6.58 Å². The van der Waals surface area contributed by atoms with Crippen LogP contribution >= 0.6 is 0 Å². The molecule has 0 saturated carbocycles. The van der Waals surface area contributed by atoms with Gasteiger partial charge in [-0.05, 0) is 32.2 Å². The zero-order valence-corrected chi connectivity index (χ0v) is 10.8. The Bertz CT molecular complexity index is 166. The third-order valence-corrected chi connectivity index (χ3v) is 2.38. The van der Waals surface area contributed by atoms with E-state index in [-0.39, 0.29) is 0 Å². The molecule has 0 radical (unpaired) electrons. The van der Waals surface area contributed by atoms with E-state index in [2.05, 4.69) is 32.7 Å². The summed E-state index contributed by atoms with van der Waals surface area (Å²) in [5.74, 6) is 0.569. The summed E-state index contributed by atoms with van der Waals surface area (Å²) >= 11 is 0. The lowest BCUT2D eigenvalue weighted by Gasteiger charge is -2.22. The van der Waals surface area contributed by atoms with E-state index in [0.717, 1.165) is 26.1 Å². The first kappa shape index (κ1) is 14.7. The molecule has 2 nitrogen and oxygen atoms in total. The van der Waals surface area contributed by atoms with Gasteiger partial charge in [-0.1, -0.05) is 26.3 Å². The average Bonchev–Trinajstić information content (AvgIpc) is 2.15. The predicted molar refractivity (Wildman–Crippen MR) is 67.2 cm³/mol. The zero-order chi connectivity index (χ0) is 11.7. The average molecular weight is 213 g/mol. The van der Waals surface area contributed by atoms with Crippen molar-refractivity contribution in [1.29, 1.82) is 0 Å². The van der Waals surface area contributed by atoms with Crippen molar-refractivity contribution >= 4 is 0 Å². The summed E-state index contributed by atoms with van der Waals surface area (Å²) in [7, 11) is 0. The van der Waals surface area contributed by atoms with Crippen molar-refractivity contribution in [2.45, 2.75) is 46.6 Å². The number of hydrogen-bond donors (Lipinski definition) is 1. The van der Waals surface area contributed by atoms with Crippen LogP contribution in [0.4, 0.5) is 0 Å². The van der Waals surface area contributed by atoms with E-state index in [4.69, 9.17) is 4.74 Å². The molecule has 0 saturated heterocycles. The molecule has 0 aromatic carbocycles. The molecule has 0 aliphatic heterocycles. The minimum atomic E-state index is 0.330. The predicted octanol–water partition coefficient (Wildman–Crippen LogP) is 2.99. The fraction of sp³-hybridized carbons (Fsp3) is 0.846. The van der Waals surface area contributed by atoms with Crippen molar-refractivity contribution in [2.24, 2.45) is 5.92 Å². The molecule has 0 aliphatic rings. The highest BCUT2D eigenvalue weighted by molar-refractivity contribution is 4.87. The Morgan fingerprint density at radius 1 is 1.40 bits per heavy atom. The second-order valence-corrected chi connectivity index (χ2v) is 4.56. The second kappa shape index (κ2) is 8.93. The summed E-state index contributed by atoms with van der Waals surface area (Å²) in [6, 6.07) is 0. The van der Waals surface area contributed by atoms with Gasteiger partial charge in [0, 0.05) is 6.54 Å². The van der Waals surface area contributed by atoms with Gasteiger partial charge in [0.2, 0.25) is 0 Å². The van der Waals surface area contributed by atoms with Crippen LogP contribution in [-0.4, -0.2) is 25.8 Å². The standard InChI is InChI=1S/C13H27NO/c1-6-8-14-10-13(12(4)5)15-9-7-11(2)3/h12-14H,2,6-10H2,1,3-5H3. The van der Waals surface area contributed by atoms with Gasteiger partial charge in [0.25, 0.3) is 0 Å². The molecule has 0 fully saturated rings. The highest BCUT2D eigenvalue weighted by atomic mass is 16.5. The molecule has 2 heteroatoms. The van der Waals surface area contributed by atoms with Crippen molar-refractivity contribution in [1.82, 2.24) is 5.32 Å². The van der Waals surface area contributed by atoms with E-state index >= 15 is 0 Å². The van der Waals surface area contributed by atoms with Gasteiger partial charge in [0.1, 0.15) is 0 Å². The molecule has 0 aromatic rings. The van der Waals surface area contributed by atoms with Gasteiger partial charge < -0.3 is 10.1 Å². The van der Waals surface area contributed by atoms with Gasteiger partial charge in [0.15, 0.2) is 0 Å². The SMILES string of the molecule is C=C(C)CCOC(CNCCC)C(C)C. The lowest BCUT2D eigenvalue weighted by Crippen LogP contribution is -2.33. The highest BCUT2D eigenvalue weighted by Gasteiger charge is 2.12. The molecule has 0 bridgehead atoms. The van der Waals surface area contributed by atoms with Crippen LogP contribution in [0.25, 0.3) is 0 Å². The van der Waals surface area contributed by atoms with E-state index in [1.165, 1.54) is 12.0 Å². The third-order valence-electron chi connectivity index (χ3n) is 2.38. The van der Waals surface area contributed by atoms with Crippen LogP contribution < -0.4 is 5.32 Å². The summed E-state index contributed by atoms with van der Waals surface area (Å²) in [5, 5.41) is 3.41. The summed E-state index contributed by atoms with van der Waals surface area (Å²) in [6.45, 7) is 15.4. The Balaban J connectivity index is 3.68. The van der Waals surface area contributed by atoms with Crippen molar-refractivity contribution in [2.75, 3.05) is 19.7 Å². The highest BCUT2D eigenvalue weighted by Crippen LogP contribution is 2.07. The maximum Gasteiger partial charge on any atom is 0.0722 e. The Morgan fingerprint density at radius 3 is 2.53 bits per heavy atom. The van der Waals surface area contributed by atoms with E-state index < -0.39 is 0 Å². The van der Waals surface area contributed by atoms with Crippen molar-refractivity contribution in [3.8, 4) is 0 Å². The summed E-state index contributed by atoms with van der Waals surface area (Å²) in [6.07, 6.45) is 2.48. The van der Waals surface area contributed by atoms with Crippen LogP contribution in [0.2, 0.25) is 0 Å². The smallest absolute Gasteiger partial charge is 0.0722 e. The van der Waals surface area contributed by atoms with E-state index in [1.807, 2.05) is 6.92 Å². The molecule has 90 valence electrons. The van der Waals surface area contributed by atoms with Crippen LogP contribution in [0.1, 0.15) is 40.5 Å². The quantitative estimate of drug-likeness (QED) is 0.469. The molecule has 1 unspecified atom stereocenters. The zero-order valence-electron chi connectivity index (χ0n) is 10.8. The Morgan fingerprint density at radius 2 is 2.07 bits per heavy atom. The lowest BCUT2D eigenvalue weighted by atomic mass is 10.1. The van der Waals surface area contributed by atoms with Crippen molar-refractivity contribution in [3.63, 3.8) is 0 Å². The Hall–Kier alpha value is -0.340. The monoisotopic (exact) mass is 213 g/mol. The lowest BCUT2D eigenvalue weighted by molar-refractivity contribution is 0.0249. The van der Waals surface area contributed by atoms with Gasteiger partial charge >= 0.3 is 0 Å². The van der Waals surface area contributed by atoms with Gasteiger partial charge in [-0.3, -0.25) is 0 Å². The largest absolute Gasteiger partial charge is 0.376 e. The molecular formula is C13H27NO. The molecule has 1 atom stereocenters. The number of nitrogens with one attached hydrogen (secondary N) is 1. The summed E-state index contributed by atoms with van der Waals surface area (Å²) in [5.41, 5.74) is 1.19. The normalized spacial score (nSPS) is 13.1. The molecular weight excluding hydrogens is 186 g/mol. The Kier molecular flexibility index (Phi) is 8.73. The first-order valence-corrected chi connectivity index (χ1v) is 6.04. The molecule has 0 amide bonds. The molecule has 0 rings (SSSR count). The van der Waals surface area contributed by atoms with E-state index in [0.29, 0.717) is 12.0 Å².